The highest BCUT2D eigenvalue weighted by Gasteiger charge is 2.19. The molecule has 0 unspecified atom stereocenters. The molecule has 0 spiro atoms. The summed E-state index contributed by atoms with van der Waals surface area (Å²) in [5.74, 6) is 0.465. The Balaban J connectivity index is 1.66. The monoisotopic (exact) mass is 310 g/mol. The first-order chi connectivity index (χ1) is 11.2. The third-order valence-electron chi connectivity index (χ3n) is 4.68. The molecule has 0 aliphatic carbocycles. The molecule has 23 heavy (non-hydrogen) atoms. The number of nitrogens with zero attached hydrogens (tertiary/aromatic N) is 1. The average molecular weight is 310 g/mol. The number of aliphatic hydroxyl groups excluding tert-OH is 1. The molecule has 2 aromatic carbocycles. The van der Waals surface area contributed by atoms with E-state index in [-0.39, 0.29) is 6.10 Å². The molecule has 1 aliphatic heterocycles. The van der Waals surface area contributed by atoms with Gasteiger partial charge in [0.25, 0.3) is 0 Å². The molecule has 0 bridgehead atoms. The molecule has 1 heterocycles. The van der Waals surface area contributed by atoms with Crippen LogP contribution in [0.15, 0.2) is 54.6 Å². The summed E-state index contributed by atoms with van der Waals surface area (Å²) >= 11 is 0. The summed E-state index contributed by atoms with van der Waals surface area (Å²) in [6, 6.07) is 19.1. The summed E-state index contributed by atoms with van der Waals surface area (Å²) in [4.78, 5) is 2.38. The van der Waals surface area contributed by atoms with Gasteiger partial charge in [0.1, 0.15) is 0 Å². The lowest BCUT2D eigenvalue weighted by molar-refractivity contribution is 0.145. The van der Waals surface area contributed by atoms with Crippen LogP contribution in [-0.4, -0.2) is 30.8 Å². The Hall–Kier alpha value is -2.00. The zero-order valence-electron chi connectivity index (χ0n) is 13.8. The lowest BCUT2D eigenvalue weighted by Crippen LogP contribution is -2.36. The topological polar surface area (TPSA) is 35.5 Å². The first kappa shape index (κ1) is 15.9. The van der Waals surface area contributed by atoms with E-state index < -0.39 is 0 Å². The second kappa shape index (κ2) is 7.51. The highest BCUT2D eigenvalue weighted by atomic mass is 16.3. The summed E-state index contributed by atoms with van der Waals surface area (Å²) < 4.78 is 0. The highest BCUT2D eigenvalue weighted by molar-refractivity contribution is 5.70. The van der Waals surface area contributed by atoms with Gasteiger partial charge in [-0.05, 0) is 36.5 Å². The molecule has 2 N–H and O–H groups in total. The molecule has 1 aliphatic rings. The van der Waals surface area contributed by atoms with Crippen LogP contribution >= 0.6 is 0 Å². The zero-order valence-corrected chi connectivity index (χ0v) is 13.8. The van der Waals surface area contributed by atoms with Gasteiger partial charge in [-0.15, -0.1) is 0 Å². The van der Waals surface area contributed by atoms with Crippen LogP contribution in [0.5, 0.6) is 0 Å². The van der Waals surface area contributed by atoms with Crippen LogP contribution in [0.25, 0.3) is 0 Å². The lowest BCUT2D eigenvalue weighted by Gasteiger charge is -2.33. The van der Waals surface area contributed by atoms with E-state index >= 15 is 0 Å². The number of rotatable bonds is 5. The van der Waals surface area contributed by atoms with E-state index in [1.54, 1.807) is 0 Å². The van der Waals surface area contributed by atoms with Gasteiger partial charge in [-0.1, -0.05) is 49.4 Å². The maximum atomic E-state index is 9.70. The third-order valence-corrected chi connectivity index (χ3v) is 4.68. The van der Waals surface area contributed by atoms with Gasteiger partial charge in [-0.2, -0.15) is 0 Å². The quantitative estimate of drug-likeness (QED) is 0.880. The van der Waals surface area contributed by atoms with E-state index in [1.165, 1.54) is 16.9 Å². The van der Waals surface area contributed by atoms with Gasteiger partial charge < -0.3 is 15.3 Å². The van der Waals surface area contributed by atoms with Crippen molar-refractivity contribution >= 4 is 11.4 Å². The van der Waals surface area contributed by atoms with Crippen molar-refractivity contribution in [1.82, 2.24) is 0 Å². The second-order valence-electron chi connectivity index (χ2n) is 6.43. The van der Waals surface area contributed by atoms with Crippen molar-refractivity contribution in [1.29, 1.82) is 0 Å². The second-order valence-corrected chi connectivity index (χ2v) is 6.43. The van der Waals surface area contributed by atoms with Gasteiger partial charge in [0.2, 0.25) is 0 Å². The largest absolute Gasteiger partial charge is 0.393 e. The Bertz CT molecular complexity index is 606. The molecule has 0 radical (unpaired) electrons. The number of aliphatic hydroxyl groups is 1. The van der Waals surface area contributed by atoms with Crippen LogP contribution in [0.1, 0.15) is 31.2 Å². The number of hydrogen-bond acceptors (Lipinski definition) is 3. The molecule has 1 saturated heterocycles. The fraction of sp³-hybridized carbons (Fsp3) is 0.400. The summed E-state index contributed by atoms with van der Waals surface area (Å²) in [5.41, 5.74) is 3.80. The van der Waals surface area contributed by atoms with Gasteiger partial charge >= 0.3 is 0 Å². The molecule has 0 aromatic heterocycles. The molecule has 0 amide bonds. The molecule has 3 heteroatoms. The molecule has 2 aromatic rings. The number of hydrogen-bond donors (Lipinski definition) is 2. The molecular weight excluding hydrogens is 284 g/mol. The van der Waals surface area contributed by atoms with Crippen LogP contribution < -0.4 is 10.2 Å². The first-order valence-corrected chi connectivity index (χ1v) is 8.55. The van der Waals surface area contributed by atoms with E-state index in [1.807, 2.05) is 0 Å². The highest BCUT2D eigenvalue weighted by Crippen LogP contribution is 2.29. The van der Waals surface area contributed by atoms with E-state index in [2.05, 4.69) is 71.7 Å². The SMILES string of the molecule is C[C@@H](CNc1ccccc1N1CCC(O)CC1)c1ccccc1. The fourth-order valence-electron chi connectivity index (χ4n) is 3.17. The van der Waals surface area contributed by atoms with Gasteiger partial charge in [0, 0.05) is 19.6 Å². The molecule has 3 rings (SSSR count). The Morgan fingerprint density at radius 2 is 1.70 bits per heavy atom. The molecule has 0 saturated carbocycles. The van der Waals surface area contributed by atoms with Crippen molar-refractivity contribution in [2.45, 2.75) is 31.8 Å². The van der Waals surface area contributed by atoms with Crippen molar-refractivity contribution in [3.05, 3.63) is 60.2 Å². The Kier molecular flexibility index (Phi) is 5.19. The molecule has 1 atom stereocenters. The minimum Gasteiger partial charge on any atom is -0.393 e. The van der Waals surface area contributed by atoms with Crippen molar-refractivity contribution in [3.8, 4) is 0 Å². The smallest absolute Gasteiger partial charge is 0.0602 e. The molecule has 1 fully saturated rings. The van der Waals surface area contributed by atoms with Gasteiger partial charge in [0.05, 0.1) is 17.5 Å². The molecule has 122 valence electrons. The van der Waals surface area contributed by atoms with Gasteiger partial charge in [0.15, 0.2) is 0 Å². The lowest BCUT2D eigenvalue weighted by atomic mass is 10.0. The maximum Gasteiger partial charge on any atom is 0.0602 e. The summed E-state index contributed by atoms with van der Waals surface area (Å²) in [7, 11) is 0. The maximum absolute atomic E-state index is 9.70. The molecular formula is C20H26N2O. The van der Waals surface area contributed by atoms with Crippen molar-refractivity contribution in [2.24, 2.45) is 0 Å². The van der Waals surface area contributed by atoms with Crippen LogP contribution in [0.4, 0.5) is 11.4 Å². The van der Waals surface area contributed by atoms with E-state index in [9.17, 15) is 5.11 Å². The Labute approximate surface area is 139 Å². The Morgan fingerprint density at radius 1 is 1.04 bits per heavy atom. The predicted octanol–water partition coefficient (Wildman–Crippen LogP) is 3.86. The van der Waals surface area contributed by atoms with Crippen LogP contribution in [0, 0.1) is 0 Å². The van der Waals surface area contributed by atoms with Crippen molar-refractivity contribution < 1.29 is 5.11 Å². The van der Waals surface area contributed by atoms with Gasteiger partial charge in [-0.3, -0.25) is 0 Å². The van der Waals surface area contributed by atoms with E-state index in [4.69, 9.17) is 0 Å². The molecule has 3 nitrogen and oxygen atoms in total. The van der Waals surface area contributed by atoms with Gasteiger partial charge in [-0.25, -0.2) is 0 Å². The summed E-state index contributed by atoms with van der Waals surface area (Å²) in [6.45, 7) is 5.02. The van der Waals surface area contributed by atoms with E-state index in [0.717, 1.165) is 32.5 Å². The summed E-state index contributed by atoms with van der Waals surface area (Å²) in [6.07, 6.45) is 1.58. The average Bonchev–Trinajstić information content (AvgIpc) is 2.61. The van der Waals surface area contributed by atoms with Crippen LogP contribution in [0.3, 0.4) is 0 Å². The number of anilines is 2. The zero-order chi connectivity index (χ0) is 16.1. The van der Waals surface area contributed by atoms with Crippen molar-refractivity contribution in [2.75, 3.05) is 29.9 Å². The first-order valence-electron chi connectivity index (χ1n) is 8.55. The Morgan fingerprint density at radius 3 is 2.43 bits per heavy atom. The predicted molar refractivity (Wildman–Crippen MR) is 97.2 cm³/mol. The summed E-state index contributed by atoms with van der Waals surface area (Å²) in [5, 5.41) is 13.3. The van der Waals surface area contributed by atoms with E-state index in [0.29, 0.717) is 5.92 Å². The standard InChI is InChI=1S/C20H26N2O/c1-16(17-7-3-2-4-8-17)15-21-19-9-5-6-10-20(19)22-13-11-18(23)12-14-22/h2-10,16,18,21,23H,11-15H2,1H3/t16-/m0/s1. The minimum atomic E-state index is -0.135. The van der Waals surface area contributed by atoms with Crippen molar-refractivity contribution in [3.63, 3.8) is 0 Å². The minimum absolute atomic E-state index is 0.135. The normalized spacial score (nSPS) is 17.0. The fourth-order valence-corrected chi connectivity index (χ4v) is 3.17. The number of piperidine rings is 1. The third kappa shape index (κ3) is 4.05. The van der Waals surface area contributed by atoms with Crippen LogP contribution in [-0.2, 0) is 0 Å². The number of benzene rings is 2. The van der Waals surface area contributed by atoms with Crippen LogP contribution in [0.2, 0.25) is 0 Å². The number of nitrogens with one attached hydrogen (secondary N) is 1. The number of para-hydroxylation sites is 2.